The lowest BCUT2D eigenvalue weighted by Gasteiger charge is -2.16. The van der Waals surface area contributed by atoms with Gasteiger partial charge in [0.05, 0.1) is 19.2 Å². The van der Waals surface area contributed by atoms with Gasteiger partial charge in [0.2, 0.25) is 0 Å². The molecule has 0 aromatic carbocycles. The standard InChI is InChI=1S/C11H17N5O3/c17-10(18)7-9(8-1-2-8)14-11(19)12-3-5-16-6-4-13-15-16/h4,6,8-9H,1-3,5,7H2,(H,17,18)(H2,12,14,19). The molecule has 0 radical (unpaired) electrons. The Hall–Kier alpha value is -2.12. The number of aliphatic carboxylic acids is 1. The number of nitrogens with zero attached hydrogens (tertiary/aromatic N) is 3. The number of hydrogen-bond acceptors (Lipinski definition) is 4. The summed E-state index contributed by atoms with van der Waals surface area (Å²) in [6, 6.07) is -0.609. The van der Waals surface area contributed by atoms with E-state index in [0.717, 1.165) is 12.8 Å². The van der Waals surface area contributed by atoms with Gasteiger partial charge in [-0.25, -0.2) is 4.79 Å². The Morgan fingerprint density at radius 1 is 1.47 bits per heavy atom. The fraction of sp³-hybridized carbons (Fsp3) is 0.636. The van der Waals surface area contributed by atoms with Crippen molar-refractivity contribution in [3.05, 3.63) is 12.4 Å². The number of carboxylic acid groups (broad SMARTS) is 1. The molecular formula is C11H17N5O3. The van der Waals surface area contributed by atoms with Gasteiger partial charge in [-0.1, -0.05) is 5.21 Å². The molecule has 0 bridgehead atoms. The number of hydrogen-bond donors (Lipinski definition) is 3. The van der Waals surface area contributed by atoms with Crippen molar-refractivity contribution in [2.45, 2.75) is 31.8 Å². The number of carboxylic acids is 1. The van der Waals surface area contributed by atoms with E-state index in [4.69, 9.17) is 5.11 Å². The van der Waals surface area contributed by atoms with E-state index in [0.29, 0.717) is 19.0 Å². The molecule has 1 saturated carbocycles. The molecule has 104 valence electrons. The zero-order chi connectivity index (χ0) is 13.7. The Balaban J connectivity index is 1.68. The molecule has 0 aliphatic heterocycles. The highest BCUT2D eigenvalue weighted by Crippen LogP contribution is 2.33. The average molecular weight is 267 g/mol. The fourth-order valence-electron chi connectivity index (χ4n) is 1.88. The van der Waals surface area contributed by atoms with Crippen LogP contribution in [-0.2, 0) is 11.3 Å². The number of aromatic nitrogens is 3. The number of amides is 2. The van der Waals surface area contributed by atoms with Crippen LogP contribution in [0.1, 0.15) is 19.3 Å². The molecule has 19 heavy (non-hydrogen) atoms. The predicted octanol–water partition coefficient (Wildman–Crippen LogP) is -0.169. The van der Waals surface area contributed by atoms with Crippen LogP contribution in [0.2, 0.25) is 0 Å². The smallest absolute Gasteiger partial charge is 0.315 e. The summed E-state index contributed by atoms with van der Waals surface area (Å²) in [5, 5.41) is 21.6. The van der Waals surface area contributed by atoms with Gasteiger partial charge >= 0.3 is 12.0 Å². The third-order valence-electron chi connectivity index (χ3n) is 3.00. The van der Waals surface area contributed by atoms with E-state index >= 15 is 0 Å². The minimum Gasteiger partial charge on any atom is -0.481 e. The highest BCUT2D eigenvalue weighted by atomic mass is 16.4. The van der Waals surface area contributed by atoms with E-state index in [2.05, 4.69) is 20.9 Å². The SMILES string of the molecule is O=C(O)CC(NC(=O)NCCn1ccnn1)C1CC1. The molecule has 1 aliphatic rings. The van der Waals surface area contributed by atoms with Crippen LogP contribution in [0.4, 0.5) is 4.79 Å². The van der Waals surface area contributed by atoms with Crippen molar-refractivity contribution in [1.82, 2.24) is 25.6 Å². The molecule has 3 N–H and O–H groups in total. The first-order chi connectivity index (χ1) is 9.15. The molecule has 8 nitrogen and oxygen atoms in total. The molecule has 2 amide bonds. The molecule has 1 fully saturated rings. The number of nitrogens with one attached hydrogen (secondary N) is 2. The highest BCUT2D eigenvalue weighted by Gasteiger charge is 2.33. The third-order valence-corrected chi connectivity index (χ3v) is 3.00. The Labute approximate surface area is 110 Å². The number of carbonyl (C=O) groups is 2. The average Bonchev–Trinajstić information content (AvgIpc) is 3.07. The maximum atomic E-state index is 11.6. The summed E-state index contributed by atoms with van der Waals surface area (Å²) in [6.45, 7) is 0.945. The van der Waals surface area contributed by atoms with Gasteiger partial charge in [-0.2, -0.15) is 0 Å². The zero-order valence-electron chi connectivity index (χ0n) is 10.5. The summed E-state index contributed by atoms with van der Waals surface area (Å²) in [7, 11) is 0. The van der Waals surface area contributed by atoms with Gasteiger partial charge in [-0.15, -0.1) is 5.10 Å². The molecule has 8 heteroatoms. The van der Waals surface area contributed by atoms with Gasteiger partial charge < -0.3 is 15.7 Å². The van der Waals surface area contributed by atoms with Crippen LogP contribution in [0.3, 0.4) is 0 Å². The third kappa shape index (κ3) is 4.57. The monoisotopic (exact) mass is 267 g/mol. The maximum Gasteiger partial charge on any atom is 0.315 e. The summed E-state index contributed by atoms with van der Waals surface area (Å²) in [6.07, 6.45) is 5.21. The zero-order valence-corrected chi connectivity index (χ0v) is 10.5. The Kier molecular flexibility index (Phi) is 4.32. The number of rotatable bonds is 7. The van der Waals surface area contributed by atoms with E-state index in [1.807, 2.05) is 0 Å². The van der Waals surface area contributed by atoms with Gasteiger partial charge in [0.1, 0.15) is 0 Å². The Morgan fingerprint density at radius 3 is 2.84 bits per heavy atom. The van der Waals surface area contributed by atoms with E-state index in [1.54, 1.807) is 17.1 Å². The van der Waals surface area contributed by atoms with Gasteiger partial charge in [-0.05, 0) is 18.8 Å². The van der Waals surface area contributed by atoms with Crippen molar-refractivity contribution in [2.24, 2.45) is 5.92 Å². The molecule has 0 spiro atoms. The van der Waals surface area contributed by atoms with Crippen LogP contribution in [0.25, 0.3) is 0 Å². The van der Waals surface area contributed by atoms with E-state index < -0.39 is 5.97 Å². The van der Waals surface area contributed by atoms with Crippen molar-refractivity contribution in [3.8, 4) is 0 Å². The van der Waals surface area contributed by atoms with Crippen molar-refractivity contribution in [1.29, 1.82) is 0 Å². The minimum absolute atomic E-state index is 0.0266. The first-order valence-electron chi connectivity index (χ1n) is 6.25. The summed E-state index contributed by atoms with van der Waals surface area (Å²) in [5.41, 5.74) is 0. The van der Waals surface area contributed by atoms with Crippen LogP contribution >= 0.6 is 0 Å². The predicted molar refractivity (Wildman–Crippen MR) is 65.3 cm³/mol. The Morgan fingerprint density at radius 2 is 2.26 bits per heavy atom. The highest BCUT2D eigenvalue weighted by molar-refractivity contribution is 5.75. The summed E-state index contributed by atoms with van der Waals surface area (Å²) in [5.74, 6) is -0.586. The fourth-order valence-corrected chi connectivity index (χ4v) is 1.88. The van der Waals surface area contributed by atoms with Crippen LogP contribution in [0.5, 0.6) is 0 Å². The Bertz CT molecular complexity index is 430. The summed E-state index contributed by atoms with van der Waals surface area (Å²) in [4.78, 5) is 22.3. The minimum atomic E-state index is -0.889. The lowest BCUT2D eigenvalue weighted by molar-refractivity contribution is -0.137. The lowest BCUT2D eigenvalue weighted by Crippen LogP contribution is -2.44. The summed E-state index contributed by atoms with van der Waals surface area (Å²) < 4.78 is 1.61. The quantitative estimate of drug-likeness (QED) is 0.635. The van der Waals surface area contributed by atoms with Crippen molar-refractivity contribution in [3.63, 3.8) is 0 Å². The van der Waals surface area contributed by atoms with Gasteiger partial charge in [0.15, 0.2) is 0 Å². The second-order valence-electron chi connectivity index (χ2n) is 4.61. The second kappa shape index (κ2) is 6.17. The van der Waals surface area contributed by atoms with Crippen LogP contribution in [-0.4, -0.2) is 44.7 Å². The first kappa shape index (κ1) is 13.3. The number of urea groups is 1. The van der Waals surface area contributed by atoms with Crippen LogP contribution < -0.4 is 10.6 Å². The molecule has 1 unspecified atom stereocenters. The number of carbonyl (C=O) groups excluding carboxylic acids is 1. The second-order valence-corrected chi connectivity index (χ2v) is 4.61. The van der Waals surface area contributed by atoms with Gasteiger partial charge in [0.25, 0.3) is 0 Å². The molecule has 1 aromatic rings. The van der Waals surface area contributed by atoms with Crippen molar-refractivity contribution in [2.75, 3.05) is 6.54 Å². The van der Waals surface area contributed by atoms with Crippen LogP contribution in [0, 0.1) is 5.92 Å². The molecule has 0 saturated heterocycles. The van der Waals surface area contributed by atoms with E-state index in [9.17, 15) is 9.59 Å². The molecule has 1 atom stereocenters. The first-order valence-corrected chi connectivity index (χ1v) is 6.25. The molecule has 2 rings (SSSR count). The van der Waals surface area contributed by atoms with E-state index in [1.165, 1.54) is 0 Å². The molecule has 1 aliphatic carbocycles. The summed E-state index contributed by atoms with van der Waals surface area (Å²) >= 11 is 0. The largest absolute Gasteiger partial charge is 0.481 e. The maximum absolute atomic E-state index is 11.6. The molecular weight excluding hydrogens is 250 g/mol. The van der Waals surface area contributed by atoms with E-state index in [-0.39, 0.29) is 18.5 Å². The van der Waals surface area contributed by atoms with Gasteiger partial charge in [-0.3, -0.25) is 9.48 Å². The lowest BCUT2D eigenvalue weighted by atomic mass is 10.1. The van der Waals surface area contributed by atoms with Gasteiger partial charge in [0, 0.05) is 18.8 Å². The molecule has 1 heterocycles. The normalized spacial score (nSPS) is 15.8. The van der Waals surface area contributed by atoms with Crippen LogP contribution in [0.15, 0.2) is 12.4 Å². The topological polar surface area (TPSA) is 109 Å². The van der Waals surface area contributed by atoms with Crippen molar-refractivity contribution >= 4 is 12.0 Å². The molecule has 1 aromatic heterocycles. The van der Waals surface area contributed by atoms with Crippen molar-refractivity contribution < 1.29 is 14.7 Å².